The SMILES string of the molecule is COC(CNC(=O)c1cccc2c1CCCN2)CC(=O)O. The first-order chi connectivity index (χ1) is 10.1. The Bertz CT molecular complexity index is 530. The molecule has 1 aliphatic rings. The molecule has 1 atom stereocenters. The summed E-state index contributed by atoms with van der Waals surface area (Å²) in [5.41, 5.74) is 2.67. The van der Waals surface area contributed by atoms with Crippen LogP contribution in [-0.4, -0.2) is 43.3 Å². The summed E-state index contributed by atoms with van der Waals surface area (Å²) in [6, 6.07) is 5.60. The molecule has 0 radical (unpaired) electrons. The average Bonchev–Trinajstić information content (AvgIpc) is 2.50. The van der Waals surface area contributed by atoms with Crippen LogP contribution in [0, 0.1) is 0 Å². The van der Waals surface area contributed by atoms with Crippen LogP contribution in [0.1, 0.15) is 28.8 Å². The number of anilines is 1. The molecule has 0 aromatic heterocycles. The third-order valence-electron chi connectivity index (χ3n) is 3.57. The fraction of sp³-hybridized carbons (Fsp3) is 0.467. The average molecular weight is 292 g/mol. The van der Waals surface area contributed by atoms with E-state index in [4.69, 9.17) is 9.84 Å². The van der Waals surface area contributed by atoms with Crippen LogP contribution in [0.15, 0.2) is 18.2 Å². The van der Waals surface area contributed by atoms with Crippen molar-refractivity contribution in [2.45, 2.75) is 25.4 Å². The standard InChI is InChI=1S/C15H20N2O4/c1-21-10(8-14(18)19)9-17-15(20)12-4-2-6-13-11(12)5-3-7-16-13/h2,4,6,10,16H,3,5,7-9H2,1H3,(H,17,20)(H,18,19). The van der Waals surface area contributed by atoms with E-state index in [9.17, 15) is 9.59 Å². The van der Waals surface area contributed by atoms with Gasteiger partial charge in [-0.05, 0) is 30.5 Å². The molecular weight excluding hydrogens is 272 g/mol. The lowest BCUT2D eigenvalue weighted by Crippen LogP contribution is -2.35. The minimum atomic E-state index is -0.947. The second kappa shape index (κ2) is 7.08. The van der Waals surface area contributed by atoms with Crippen molar-refractivity contribution < 1.29 is 19.4 Å². The quantitative estimate of drug-likeness (QED) is 0.735. The Morgan fingerprint density at radius 2 is 2.29 bits per heavy atom. The summed E-state index contributed by atoms with van der Waals surface area (Å²) in [7, 11) is 1.44. The Labute approximate surface area is 123 Å². The fourth-order valence-electron chi connectivity index (χ4n) is 2.46. The highest BCUT2D eigenvalue weighted by Gasteiger charge is 2.19. The zero-order chi connectivity index (χ0) is 15.2. The highest BCUT2D eigenvalue weighted by molar-refractivity contribution is 5.97. The Hall–Kier alpha value is -2.08. The van der Waals surface area contributed by atoms with Crippen LogP contribution < -0.4 is 10.6 Å². The third kappa shape index (κ3) is 3.95. The first-order valence-electron chi connectivity index (χ1n) is 7.00. The molecule has 0 saturated carbocycles. The minimum Gasteiger partial charge on any atom is -0.481 e. The van der Waals surface area contributed by atoms with Crippen LogP contribution in [-0.2, 0) is 16.0 Å². The number of carbonyl (C=O) groups is 2. The van der Waals surface area contributed by atoms with E-state index in [2.05, 4.69) is 10.6 Å². The molecule has 1 aromatic carbocycles. The van der Waals surface area contributed by atoms with Crippen LogP contribution in [0.25, 0.3) is 0 Å². The molecule has 114 valence electrons. The summed E-state index contributed by atoms with van der Waals surface area (Å²) < 4.78 is 5.05. The Morgan fingerprint density at radius 3 is 3.00 bits per heavy atom. The number of methoxy groups -OCH3 is 1. The lowest BCUT2D eigenvalue weighted by molar-refractivity contribution is -0.139. The van der Waals surface area contributed by atoms with Crippen LogP contribution in [0.3, 0.4) is 0 Å². The van der Waals surface area contributed by atoms with Gasteiger partial charge in [0.25, 0.3) is 5.91 Å². The van der Waals surface area contributed by atoms with Crippen LogP contribution in [0.2, 0.25) is 0 Å². The van der Waals surface area contributed by atoms with E-state index < -0.39 is 12.1 Å². The number of fused-ring (bicyclic) bond motifs is 1. The molecule has 1 aliphatic heterocycles. The van der Waals surface area contributed by atoms with E-state index >= 15 is 0 Å². The first-order valence-corrected chi connectivity index (χ1v) is 7.00. The highest BCUT2D eigenvalue weighted by atomic mass is 16.5. The number of nitrogens with one attached hydrogen (secondary N) is 2. The van der Waals surface area contributed by atoms with Crippen molar-refractivity contribution in [3.63, 3.8) is 0 Å². The smallest absolute Gasteiger partial charge is 0.306 e. The number of amides is 1. The topological polar surface area (TPSA) is 87.7 Å². The van der Waals surface area contributed by atoms with Crippen LogP contribution in [0.5, 0.6) is 0 Å². The summed E-state index contributed by atoms with van der Waals surface area (Å²) >= 11 is 0. The number of ether oxygens (including phenoxy) is 1. The summed E-state index contributed by atoms with van der Waals surface area (Å²) in [4.78, 5) is 23.0. The van der Waals surface area contributed by atoms with E-state index in [1.54, 1.807) is 6.07 Å². The van der Waals surface area contributed by atoms with Gasteiger partial charge in [0.2, 0.25) is 0 Å². The molecule has 21 heavy (non-hydrogen) atoms. The van der Waals surface area contributed by atoms with Gasteiger partial charge in [0, 0.05) is 31.5 Å². The number of rotatable bonds is 6. The van der Waals surface area contributed by atoms with Gasteiger partial charge in [-0.1, -0.05) is 6.07 Å². The molecule has 6 nitrogen and oxygen atoms in total. The summed E-state index contributed by atoms with van der Waals surface area (Å²) in [5.74, 6) is -1.14. The van der Waals surface area contributed by atoms with E-state index in [1.807, 2.05) is 12.1 Å². The van der Waals surface area contributed by atoms with E-state index in [0.717, 1.165) is 30.6 Å². The van der Waals surface area contributed by atoms with E-state index in [1.165, 1.54) is 7.11 Å². The summed E-state index contributed by atoms with van der Waals surface area (Å²) in [6.07, 6.45) is 1.21. The summed E-state index contributed by atoms with van der Waals surface area (Å²) in [6.45, 7) is 1.10. The molecule has 2 rings (SSSR count). The van der Waals surface area contributed by atoms with Crippen molar-refractivity contribution in [3.05, 3.63) is 29.3 Å². The molecule has 1 amide bonds. The summed E-state index contributed by atoms with van der Waals surface area (Å²) in [5, 5.41) is 14.8. The molecule has 1 heterocycles. The molecule has 6 heteroatoms. The lowest BCUT2D eigenvalue weighted by Gasteiger charge is -2.21. The number of carboxylic acid groups (broad SMARTS) is 1. The largest absolute Gasteiger partial charge is 0.481 e. The van der Waals surface area contributed by atoms with Gasteiger partial charge in [-0.25, -0.2) is 0 Å². The van der Waals surface area contributed by atoms with Gasteiger partial charge in [-0.15, -0.1) is 0 Å². The number of aliphatic carboxylic acids is 1. The maximum Gasteiger partial charge on any atom is 0.306 e. The Kier molecular flexibility index (Phi) is 5.16. The number of hydrogen-bond acceptors (Lipinski definition) is 4. The fourth-order valence-corrected chi connectivity index (χ4v) is 2.46. The number of hydrogen-bond donors (Lipinski definition) is 3. The van der Waals surface area contributed by atoms with E-state index in [0.29, 0.717) is 5.56 Å². The van der Waals surface area contributed by atoms with Gasteiger partial charge in [0.1, 0.15) is 0 Å². The lowest BCUT2D eigenvalue weighted by atomic mass is 9.97. The number of carbonyl (C=O) groups excluding carboxylic acids is 1. The van der Waals surface area contributed by atoms with Gasteiger partial charge < -0.3 is 20.5 Å². The number of benzene rings is 1. The van der Waals surface area contributed by atoms with Crippen molar-refractivity contribution in [3.8, 4) is 0 Å². The van der Waals surface area contributed by atoms with Gasteiger partial charge >= 0.3 is 5.97 Å². The molecule has 1 unspecified atom stereocenters. The number of carboxylic acids is 1. The second-order valence-electron chi connectivity index (χ2n) is 5.03. The third-order valence-corrected chi connectivity index (χ3v) is 3.57. The maximum absolute atomic E-state index is 12.3. The maximum atomic E-state index is 12.3. The zero-order valence-electron chi connectivity index (χ0n) is 12.0. The zero-order valence-corrected chi connectivity index (χ0v) is 12.0. The first kappa shape index (κ1) is 15.3. The molecule has 3 N–H and O–H groups in total. The minimum absolute atomic E-state index is 0.134. The van der Waals surface area contributed by atoms with Crippen molar-refractivity contribution in [2.75, 3.05) is 25.5 Å². The van der Waals surface area contributed by atoms with Crippen molar-refractivity contribution in [2.24, 2.45) is 0 Å². The molecule has 0 spiro atoms. The molecule has 0 fully saturated rings. The predicted molar refractivity (Wildman–Crippen MR) is 78.6 cm³/mol. The molecular formula is C15H20N2O4. The van der Waals surface area contributed by atoms with Crippen LogP contribution >= 0.6 is 0 Å². The monoisotopic (exact) mass is 292 g/mol. The van der Waals surface area contributed by atoms with Crippen LogP contribution in [0.4, 0.5) is 5.69 Å². The van der Waals surface area contributed by atoms with E-state index in [-0.39, 0.29) is 18.9 Å². The molecule has 1 aromatic rings. The van der Waals surface area contributed by atoms with Gasteiger partial charge in [-0.2, -0.15) is 0 Å². The van der Waals surface area contributed by atoms with Crippen molar-refractivity contribution in [1.29, 1.82) is 0 Å². The molecule has 0 saturated heterocycles. The Morgan fingerprint density at radius 1 is 1.48 bits per heavy atom. The second-order valence-corrected chi connectivity index (χ2v) is 5.03. The molecule has 0 bridgehead atoms. The highest BCUT2D eigenvalue weighted by Crippen LogP contribution is 2.25. The Balaban J connectivity index is 2.02. The van der Waals surface area contributed by atoms with Gasteiger partial charge in [0.15, 0.2) is 0 Å². The van der Waals surface area contributed by atoms with Gasteiger partial charge in [0.05, 0.1) is 12.5 Å². The van der Waals surface area contributed by atoms with Crippen molar-refractivity contribution >= 4 is 17.6 Å². The molecule has 0 aliphatic carbocycles. The predicted octanol–water partition coefficient (Wildman–Crippen LogP) is 1.26. The van der Waals surface area contributed by atoms with Crippen molar-refractivity contribution in [1.82, 2.24) is 5.32 Å². The normalized spacial score (nSPS) is 14.7. The van der Waals surface area contributed by atoms with Gasteiger partial charge in [-0.3, -0.25) is 9.59 Å².